The first-order chi connectivity index (χ1) is 4.77. The molecule has 0 unspecified atom stereocenters. The first-order valence-electron chi connectivity index (χ1n) is 3.97. The van der Waals surface area contributed by atoms with E-state index in [1.165, 1.54) is 0 Å². The van der Waals surface area contributed by atoms with Gasteiger partial charge >= 0.3 is 0 Å². The van der Waals surface area contributed by atoms with Gasteiger partial charge in [0.15, 0.2) is 0 Å². The average molecular weight is 145 g/mol. The molecule has 0 rings (SSSR count). The molecular weight excluding hydrogens is 126 g/mol. The molecular formula is C8H19NO. The Labute approximate surface area is 64.0 Å². The van der Waals surface area contributed by atoms with Crippen LogP contribution in [0.4, 0.5) is 0 Å². The number of nitrogens with one attached hydrogen (secondary N) is 1. The van der Waals surface area contributed by atoms with Gasteiger partial charge in [-0.05, 0) is 13.5 Å². The molecule has 2 nitrogen and oxygen atoms in total. The molecule has 0 aromatic carbocycles. The fourth-order valence-corrected chi connectivity index (χ4v) is 0.441. The molecule has 0 fully saturated rings. The Morgan fingerprint density at radius 1 is 1.40 bits per heavy atom. The summed E-state index contributed by atoms with van der Waals surface area (Å²) in [6.07, 6.45) is 0.661. The first-order valence-corrected chi connectivity index (χ1v) is 3.97. The van der Waals surface area contributed by atoms with E-state index in [9.17, 15) is 4.79 Å². The lowest BCUT2D eigenvalue weighted by molar-refractivity contribution is -0.116. The maximum Gasteiger partial charge on any atom is 0.131 e. The normalized spacial score (nSPS) is 8.00. The van der Waals surface area contributed by atoms with Crippen molar-refractivity contribution in [3.63, 3.8) is 0 Å². The van der Waals surface area contributed by atoms with Gasteiger partial charge in [0, 0.05) is 13.0 Å². The molecule has 10 heavy (non-hydrogen) atoms. The van der Waals surface area contributed by atoms with Crippen molar-refractivity contribution in [2.24, 2.45) is 0 Å². The van der Waals surface area contributed by atoms with E-state index >= 15 is 0 Å². The first kappa shape index (κ1) is 12.3. The van der Waals surface area contributed by atoms with Gasteiger partial charge in [-0.15, -0.1) is 0 Å². The Bertz CT molecular complexity index is 71.7. The van der Waals surface area contributed by atoms with Gasteiger partial charge in [-0.1, -0.05) is 20.8 Å². The van der Waals surface area contributed by atoms with Gasteiger partial charge in [0.1, 0.15) is 5.78 Å². The van der Waals surface area contributed by atoms with Crippen LogP contribution in [0.15, 0.2) is 0 Å². The number of Topliss-reactive ketones (excluding diaryl/α,β-unsaturated/α-hetero) is 1. The molecule has 62 valence electrons. The number of ketones is 1. The largest absolute Gasteiger partial charge is 0.317 e. The SMILES string of the molecule is CC.CCNCCC(C)=O. The number of hydrogen-bond acceptors (Lipinski definition) is 2. The second kappa shape index (κ2) is 11.4. The fraction of sp³-hybridized carbons (Fsp3) is 0.875. The van der Waals surface area contributed by atoms with Crippen LogP contribution in [0.5, 0.6) is 0 Å². The molecule has 2 heteroatoms. The Balaban J connectivity index is 0. The molecule has 0 atom stereocenters. The molecule has 0 aromatic heterocycles. The van der Waals surface area contributed by atoms with Gasteiger partial charge < -0.3 is 5.32 Å². The van der Waals surface area contributed by atoms with Gasteiger partial charge in [0.25, 0.3) is 0 Å². The summed E-state index contributed by atoms with van der Waals surface area (Å²) in [5.74, 6) is 0.256. The molecule has 0 bridgehead atoms. The van der Waals surface area contributed by atoms with Gasteiger partial charge in [-0.3, -0.25) is 4.79 Å². The van der Waals surface area contributed by atoms with E-state index in [0.717, 1.165) is 13.1 Å². The maximum absolute atomic E-state index is 10.3. The molecule has 0 aliphatic rings. The highest BCUT2D eigenvalue weighted by Crippen LogP contribution is 1.75. The van der Waals surface area contributed by atoms with Gasteiger partial charge in [-0.25, -0.2) is 0 Å². The summed E-state index contributed by atoms with van der Waals surface area (Å²) < 4.78 is 0. The Kier molecular flexibility index (Phi) is 14.1. The van der Waals surface area contributed by atoms with E-state index in [-0.39, 0.29) is 5.78 Å². The Morgan fingerprint density at radius 2 is 1.90 bits per heavy atom. The summed E-state index contributed by atoms with van der Waals surface area (Å²) >= 11 is 0. The van der Waals surface area contributed by atoms with Gasteiger partial charge in [-0.2, -0.15) is 0 Å². The van der Waals surface area contributed by atoms with Gasteiger partial charge in [0.05, 0.1) is 0 Å². The van der Waals surface area contributed by atoms with Crippen LogP contribution in [-0.2, 0) is 4.79 Å². The van der Waals surface area contributed by atoms with Crippen molar-refractivity contribution in [3.8, 4) is 0 Å². The summed E-state index contributed by atoms with van der Waals surface area (Å²) in [5, 5.41) is 3.06. The highest BCUT2D eigenvalue weighted by atomic mass is 16.1. The second-order valence-electron chi connectivity index (χ2n) is 1.81. The van der Waals surface area contributed by atoms with Crippen LogP contribution < -0.4 is 5.32 Å². The van der Waals surface area contributed by atoms with Crippen LogP contribution >= 0.6 is 0 Å². The van der Waals surface area contributed by atoms with Gasteiger partial charge in [0.2, 0.25) is 0 Å². The van der Waals surface area contributed by atoms with E-state index in [0.29, 0.717) is 6.42 Å². The highest BCUT2D eigenvalue weighted by molar-refractivity contribution is 5.75. The van der Waals surface area contributed by atoms with Crippen LogP contribution in [0.2, 0.25) is 0 Å². The van der Waals surface area contributed by atoms with Crippen LogP contribution in [0.1, 0.15) is 34.1 Å². The predicted molar refractivity (Wildman–Crippen MR) is 45.2 cm³/mol. The standard InChI is InChI=1S/C6H13NO.C2H6/c1-3-7-5-4-6(2)8;1-2/h7H,3-5H2,1-2H3;1-2H3. The Hall–Kier alpha value is -0.370. The fourth-order valence-electron chi connectivity index (χ4n) is 0.441. The van der Waals surface area contributed by atoms with Crippen molar-refractivity contribution in [1.82, 2.24) is 5.32 Å². The smallest absolute Gasteiger partial charge is 0.131 e. The van der Waals surface area contributed by atoms with Crippen molar-refractivity contribution in [3.05, 3.63) is 0 Å². The average Bonchev–Trinajstić information content (AvgIpc) is 1.92. The summed E-state index contributed by atoms with van der Waals surface area (Å²) in [7, 11) is 0. The second-order valence-corrected chi connectivity index (χ2v) is 1.81. The third-order valence-corrected chi connectivity index (χ3v) is 0.904. The molecule has 0 aliphatic heterocycles. The third kappa shape index (κ3) is 15.6. The highest BCUT2D eigenvalue weighted by Gasteiger charge is 1.88. The summed E-state index contributed by atoms with van der Waals surface area (Å²) in [4.78, 5) is 10.3. The van der Waals surface area contributed by atoms with E-state index in [1.54, 1.807) is 6.92 Å². The zero-order valence-electron chi connectivity index (χ0n) is 7.53. The van der Waals surface area contributed by atoms with Crippen LogP contribution in [0, 0.1) is 0 Å². The molecule has 0 amide bonds. The molecule has 0 saturated carbocycles. The van der Waals surface area contributed by atoms with Crippen molar-refractivity contribution >= 4 is 5.78 Å². The summed E-state index contributed by atoms with van der Waals surface area (Å²) in [5.41, 5.74) is 0. The lowest BCUT2D eigenvalue weighted by atomic mass is 10.3. The van der Waals surface area contributed by atoms with Crippen molar-refractivity contribution in [1.29, 1.82) is 0 Å². The van der Waals surface area contributed by atoms with Crippen molar-refractivity contribution in [2.45, 2.75) is 34.1 Å². The van der Waals surface area contributed by atoms with Crippen LogP contribution in [0.3, 0.4) is 0 Å². The van der Waals surface area contributed by atoms with Crippen molar-refractivity contribution in [2.75, 3.05) is 13.1 Å². The van der Waals surface area contributed by atoms with E-state index < -0.39 is 0 Å². The van der Waals surface area contributed by atoms with E-state index in [4.69, 9.17) is 0 Å². The predicted octanol–water partition coefficient (Wildman–Crippen LogP) is 1.60. The van der Waals surface area contributed by atoms with E-state index in [2.05, 4.69) is 5.32 Å². The van der Waals surface area contributed by atoms with Crippen LogP contribution in [0.25, 0.3) is 0 Å². The maximum atomic E-state index is 10.3. The molecule has 0 radical (unpaired) electrons. The van der Waals surface area contributed by atoms with E-state index in [1.807, 2.05) is 20.8 Å². The third-order valence-electron chi connectivity index (χ3n) is 0.904. The summed E-state index contributed by atoms with van der Waals surface area (Å²) in [6, 6.07) is 0. The molecule has 0 saturated heterocycles. The lowest BCUT2D eigenvalue weighted by Crippen LogP contribution is -2.16. The quantitative estimate of drug-likeness (QED) is 0.609. The molecule has 0 spiro atoms. The van der Waals surface area contributed by atoms with Crippen molar-refractivity contribution < 1.29 is 4.79 Å². The zero-order valence-corrected chi connectivity index (χ0v) is 7.53. The topological polar surface area (TPSA) is 29.1 Å². The minimum atomic E-state index is 0.256. The number of carbonyl (C=O) groups is 1. The molecule has 1 N–H and O–H groups in total. The number of hydrogen-bond donors (Lipinski definition) is 1. The van der Waals surface area contributed by atoms with Crippen LogP contribution in [-0.4, -0.2) is 18.9 Å². The Morgan fingerprint density at radius 3 is 2.20 bits per heavy atom. The lowest BCUT2D eigenvalue weighted by Gasteiger charge is -1.94. The zero-order chi connectivity index (χ0) is 8.41. The number of rotatable bonds is 4. The molecule has 0 aliphatic carbocycles. The minimum Gasteiger partial charge on any atom is -0.317 e. The summed E-state index contributed by atoms with van der Waals surface area (Å²) in [6.45, 7) is 9.41. The monoisotopic (exact) mass is 145 g/mol. The minimum absolute atomic E-state index is 0.256. The molecule has 0 heterocycles. The molecule has 0 aromatic rings. The number of carbonyl (C=O) groups excluding carboxylic acids is 1.